The zero-order valence-corrected chi connectivity index (χ0v) is 14.2. The molecule has 1 unspecified atom stereocenters. The molecule has 4 rings (SSSR count). The maximum atomic E-state index is 5.93. The molecule has 3 aromatic rings. The number of anilines is 2. The molecule has 122 valence electrons. The maximum absolute atomic E-state index is 5.93. The van der Waals surface area contributed by atoms with Crippen molar-refractivity contribution < 1.29 is 0 Å². The number of H-pyrrole nitrogens is 1. The molecule has 1 atom stereocenters. The van der Waals surface area contributed by atoms with E-state index < -0.39 is 0 Å². The van der Waals surface area contributed by atoms with Crippen LogP contribution in [0.2, 0.25) is 0 Å². The highest BCUT2D eigenvalue weighted by Crippen LogP contribution is 2.36. The van der Waals surface area contributed by atoms with Crippen LogP contribution < -0.4 is 11.1 Å². The van der Waals surface area contributed by atoms with Gasteiger partial charge in [0.2, 0.25) is 5.95 Å². The second-order valence-electron chi connectivity index (χ2n) is 6.13. The van der Waals surface area contributed by atoms with E-state index in [1.807, 2.05) is 36.4 Å². The number of thioether (sulfide) groups is 1. The molecule has 5 nitrogen and oxygen atoms in total. The highest BCUT2D eigenvalue weighted by atomic mass is 32.2. The quantitative estimate of drug-likeness (QED) is 0.675. The van der Waals surface area contributed by atoms with Crippen molar-refractivity contribution in [2.24, 2.45) is 10.7 Å². The smallest absolute Gasteiger partial charge is 0.205 e. The number of rotatable bonds is 3. The molecule has 0 fully saturated rings. The van der Waals surface area contributed by atoms with Gasteiger partial charge in [-0.1, -0.05) is 36.0 Å². The average molecular weight is 337 g/mol. The molecule has 1 aliphatic heterocycles. The van der Waals surface area contributed by atoms with Gasteiger partial charge in [0.1, 0.15) is 0 Å². The van der Waals surface area contributed by atoms with Crippen LogP contribution in [0.25, 0.3) is 11.0 Å². The lowest BCUT2D eigenvalue weighted by atomic mass is 9.89. The fraction of sp³-hybridized carbons (Fsp3) is 0.222. The summed E-state index contributed by atoms with van der Waals surface area (Å²) in [6.45, 7) is 2.14. The topological polar surface area (TPSA) is 79.1 Å². The lowest BCUT2D eigenvalue weighted by Gasteiger charge is -2.30. The molecular formula is C18H19N5S. The number of aliphatic imine (C=N–C) groups is 1. The van der Waals surface area contributed by atoms with Crippen molar-refractivity contribution in [2.45, 2.75) is 18.9 Å². The molecule has 0 bridgehead atoms. The van der Waals surface area contributed by atoms with Gasteiger partial charge in [-0.3, -0.25) is 4.99 Å². The van der Waals surface area contributed by atoms with Crippen molar-refractivity contribution in [1.82, 2.24) is 9.97 Å². The summed E-state index contributed by atoms with van der Waals surface area (Å²) >= 11 is 1.62. The fourth-order valence-electron chi connectivity index (χ4n) is 2.98. The van der Waals surface area contributed by atoms with E-state index in [2.05, 4.69) is 39.3 Å². The lowest BCUT2D eigenvalue weighted by molar-refractivity contribution is 0.482. The minimum Gasteiger partial charge on any atom is -0.379 e. The van der Waals surface area contributed by atoms with Gasteiger partial charge in [0.15, 0.2) is 5.17 Å². The van der Waals surface area contributed by atoms with Crippen LogP contribution in [0.15, 0.2) is 53.5 Å². The highest BCUT2D eigenvalue weighted by molar-refractivity contribution is 8.13. The molecule has 1 aliphatic rings. The summed E-state index contributed by atoms with van der Waals surface area (Å²) in [4.78, 5) is 12.5. The summed E-state index contributed by atoms with van der Waals surface area (Å²) < 4.78 is 0. The van der Waals surface area contributed by atoms with E-state index in [0.717, 1.165) is 40.4 Å². The van der Waals surface area contributed by atoms with Gasteiger partial charge in [0.05, 0.1) is 16.6 Å². The maximum Gasteiger partial charge on any atom is 0.205 e. The Morgan fingerprint density at radius 2 is 2.08 bits per heavy atom. The molecule has 4 N–H and O–H groups in total. The third-order valence-electron chi connectivity index (χ3n) is 4.33. The predicted molar refractivity (Wildman–Crippen MR) is 102 cm³/mol. The van der Waals surface area contributed by atoms with Gasteiger partial charge in [0.25, 0.3) is 0 Å². The van der Waals surface area contributed by atoms with Crippen LogP contribution in [-0.4, -0.2) is 20.9 Å². The predicted octanol–water partition coefficient (Wildman–Crippen LogP) is 3.97. The average Bonchev–Trinajstić information content (AvgIpc) is 2.97. The van der Waals surface area contributed by atoms with Gasteiger partial charge in [-0.25, -0.2) is 4.98 Å². The molecule has 2 aromatic carbocycles. The Kier molecular flexibility index (Phi) is 3.69. The standard InChI is InChI=1S/C18H19N5S/c1-18(9-10-24-16(19)23-18)12-5-4-6-13(11-12)20-17-21-14-7-2-3-8-15(14)22-17/h2-8,11H,9-10H2,1H3,(H2,19,23)(H2,20,21,22). The zero-order chi connectivity index (χ0) is 16.6. The molecule has 0 spiro atoms. The summed E-state index contributed by atoms with van der Waals surface area (Å²) in [7, 11) is 0. The van der Waals surface area contributed by atoms with Gasteiger partial charge in [-0.15, -0.1) is 0 Å². The number of para-hydroxylation sites is 2. The van der Waals surface area contributed by atoms with E-state index >= 15 is 0 Å². The van der Waals surface area contributed by atoms with Crippen molar-refractivity contribution in [2.75, 3.05) is 11.1 Å². The molecule has 6 heteroatoms. The summed E-state index contributed by atoms with van der Waals surface area (Å²) in [5, 5.41) is 4.02. The van der Waals surface area contributed by atoms with E-state index in [4.69, 9.17) is 5.73 Å². The highest BCUT2D eigenvalue weighted by Gasteiger charge is 2.29. The van der Waals surface area contributed by atoms with Crippen LogP contribution in [0.3, 0.4) is 0 Å². The van der Waals surface area contributed by atoms with Crippen LogP contribution >= 0.6 is 11.8 Å². The van der Waals surface area contributed by atoms with Gasteiger partial charge < -0.3 is 16.0 Å². The Labute approximate surface area is 144 Å². The number of nitrogens with two attached hydrogens (primary N) is 1. The molecule has 0 amide bonds. The monoisotopic (exact) mass is 337 g/mol. The number of amidine groups is 1. The van der Waals surface area contributed by atoms with Crippen molar-refractivity contribution >= 4 is 39.6 Å². The van der Waals surface area contributed by atoms with Crippen LogP contribution in [0.1, 0.15) is 18.9 Å². The first-order chi connectivity index (χ1) is 11.6. The van der Waals surface area contributed by atoms with Gasteiger partial charge >= 0.3 is 0 Å². The molecule has 0 aliphatic carbocycles. The second-order valence-corrected chi connectivity index (χ2v) is 7.25. The summed E-state index contributed by atoms with van der Waals surface area (Å²) in [6.07, 6.45) is 0.979. The van der Waals surface area contributed by atoms with E-state index in [1.54, 1.807) is 11.8 Å². The zero-order valence-electron chi connectivity index (χ0n) is 13.4. The first-order valence-corrected chi connectivity index (χ1v) is 8.91. The number of fused-ring (bicyclic) bond motifs is 1. The third kappa shape index (κ3) is 2.85. The molecule has 0 radical (unpaired) electrons. The Bertz CT molecular complexity index is 883. The Morgan fingerprint density at radius 1 is 1.21 bits per heavy atom. The number of nitrogens with one attached hydrogen (secondary N) is 2. The van der Waals surface area contributed by atoms with Crippen molar-refractivity contribution in [3.63, 3.8) is 0 Å². The molecule has 0 saturated heterocycles. The number of aromatic amines is 1. The van der Waals surface area contributed by atoms with Crippen LogP contribution in [0.5, 0.6) is 0 Å². The SMILES string of the molecule is CC1(c2cccc(Nc3nc4ccccc4[nH]3)c2)CCSC(N)=N1. The minimum atomic E-state index is -0.263. The van der Waals surface area contributed by atoms with Crippen molar-refractivity contribution in [1.29, 1.82) is 0 Å². The molecule has 24 heavy (non-hydrogen) atoms. The number of nitrogens with zero attached hydrogens (tertiary/aromatic N) is 2. The fourth-order valence-corrected chi connectivity index (χ4v) is 3.95. The summed E-state index contributed by atoms with van der Waals surface area (Å²) in [6, 6.07) is 16.3. The van der Waals surface area contributed by atoms with Crippen LogP contribution in [-0.2, 0) is 5.54 Å². The molecular weight excluding hydrogens is 318 g/mol. The first-order valence-electron chi connectivity index (χ1n) is 7.93. The van der Waals surface area contributed by atoms with Crippen molar-refractivity contribution in [3.8, 4) is 0 Å². The van der Waals surface area contributed by atoms with Crippen molar-refractivity contribution in [3.05, 3.63) is 54.1 Å². The summed E-state index contributed by atoms with van der Waals surface area (Å²) in [5.41, 5.74) is 9.78. The first kappa shape index (κ1) is 15.1. The van der Waals surface area contributed by atoms with E-state index in [9.17, 15) is 0 Å². The lowest BCUT2D eigenvalue weighted by Crippen LogP contribution is -2.28. The second kappa shape index (κ2) is 5.87. The Hall–Kier alpha value is -2.47. The van der Waals surface area contributed by atoms with E-state index in [1.165, 1.54) is 0 Å². The number of hydrogen-bond acceptors (Lipinski definition) is 5. The van der Waals surface area contributed by atoms with Gasteiger partial charge in [-0.05, 0) is 43.2 Å². The normalized spacial score (nSPS) is 20.8. The number of benzene rings is 2. The molecule has 1 aromatic heterocycles. The number of imidazole rings is 1. The molecule has 2 heterocycles. The summed E-state index contributed by atoms with van der Waals surface area (Å²) in [5.74, 6) is 1.73. The Morgan fingerprint density at radius 3 is 2.92 bits per heavy atom. The minimum absolute atomic E-state index is 0.263. The Balaban J connectivity index is 1.64. The number of aromatic nitrogens is 2. The third-order valence-corrected chi connectivity index (χ3v) is 5.13. The van der Waals surface area contributed by atoms with E-state index in [0.29, 0.717) is 5.17 Å². The van der Waals surface area contributed by atoms with Gasteiger partial charge in [-0.2, -0.15) is 0 Å². The van der Waals surface area contributed by atoms with Crippen LogP contribution in [0, 0.1) is 0 Å². The van der Waals surface area contributed by atoms with Gasteiger partial charge in [0, 0.05) is 11.4 Å². The van der Waals surface area contributed by atoms with Crippen LogP contribution in [0.4, 0.5) is 11.6 Å². The number of hydrogen-bond donors (Lipinski definition) is 3. The van der Waals surface area contributed by atoms with E-state index in [-0.39, 0.29) is 5.54 Å². The largest absolute Gasteiger partial charge is 0.379 e. The molecule has 0 saturated carbocycles.